The third-order valence-electron chi connectivity index (χ3n) is 13.2. The number of allylic oxidation sites excluding steroid dienone is 7. The summed E-state index contributed by atoms with van der Waals surface area (Å²) in [5.41, 5.74) is 0. The van der Waals surface area contributed by atoms with E-state index in [0.29, 0.717) is 12.8 Å². The molecule has 2 saturated heterocycles. The van der Waals surface area contributed by atoms with Crippen LogP contribution in [0.3, 0.4) is 0 Å². The van der Waals surface area contributed by atoms with Crippen LogP contribution in [0.25, 0.3) is 0 Å². The zero-order valence-electron chi connectivity index (χ0n) is 42.8. The van der Waals surface area contributed by atoms with E-state index < -0.39 is 86.8 Å². The Labute approximate surface area is 416 Å². The number of aliphatic hydroxyl groups excluding tert-OH is 8. The number of carbonyl (C=O) groups excluding carboxylic acids is 1. The molecule has 2 rings (SSSR count). The summed E-state index contributed by atoms with van der Waals surface area (Å²) in [6.45, 7) is 2.67. The van der Waals surface area contributed by atoms with Crippen molar-refractivity contribution in [2.45, 2.75) is 274 Å². The second-order valence-electron chi connectivity index (χ2n) is 19.3. The van der Waals surface area contributed by atoms with E-state index in [-0.39, 0.29) is 18.9 Å². The third kappa shape index (κ3) is 28.1. The van der Waals surface area contributed by atoms with Gasteiger partial charge in [-0.25, -0.2) is 0 Å². The number of carbonyl (C=O) groups is 1. The number of rotatable bonds is 42. The van der Waals surface area contributed by atoms with Gasteiger partial charge in [-0.3, -0.25) is 4.79 Å². The lowest BCUT2D eigenvalue weighted by atomic mass is 9.97. The van der Waals surface area contributed by atoms with Gasteiger partial charge < -0.3 is 65.1 Å². The van der Waals surface area contributed by atoms with E-state index in [1.165, 1.54) is 116 Å². The lowest BCUT2D eigenvalue weighted by Crippen LogP contribution is -2.65. The minimum absolute atomic E-state index is 0.254. The highest BCUT2D eigenvalue weighted by atomic mass is 16.7. The minimum Gasteiger partial charge on any atom is -0.394 e. The summed E-state index contributed by atoms with van der Waals surface area (Å²) < 4.78 is 22.6. The molecule has 0 aromatic carbocycles. The van der Waals surface area contributed by atoms with E-state index in [4.69, 9.17) is 18.9 Å². The van der Waals surface area contributed by atoms with Crippen molar-refractivity contribution in [3.63, 3.8) is 0 Å². The van der Waals surface area contributed by atoms with Crippen molar-refractivity contribution in [2.24, 2.45) is 0 Å². The Morgan fingerprint density at radius 3 is 1.55 bits per heavy atom. The number of amides is 1. The molecule has 0 spiro atoms. The van der Waals surface area contributed by atoms with Gasteiger partial charge in [-0.2, -0.15) is 0 Å². The predicted octanol–water partition coefficient (Wildman–Crippen LogP) is 8.05. The largest absolute Gasteiger partial charge is 0.394 e. The summed E-state index contributed by atoms with van der Waals surface area (Å²) in [5, 5.41) is 86.5. The summed E-state index contributed by atoms with van der Waals surface area (Å²) >= 11 is 0. The maximum absolute atomic E-state index is 13.1. The Balaban J connectivity index is 1.67. The van der Waals surface area contributed by atoms with Crippen molar-refractivity contribution in [3.05, 3.63) is 48.6 Å². The highest BCUT2D eigenvalue weighted by molar-refractivity contribution is 5.76. The second kappa shape index (κ2) is 41.4. The van der Waals surface area contributed by atoms with Gasteiger partial charge >= 0.3 is 0 Å². The molecule has 12 atom stereocenters. The third-order valence-corrected chi connectivity index (χ3v) is 13.2. The number of unbranched alkanes of at least 4 members (excludes halogenated alkanes) is 23. The molecular formula is C55H99NO13. The SMILES string of the molecule is CCCC/C=C/CC/C=C/C(O)C(COC1OC(CO)C(OC2OC(CO)C(O)C(O)C2O)C(O)C1O)NC(=O)CCCCCCCCCCCCCCCCC/C=C\C/C=C\CCCCCCC. The fourth-order valence-corrected chi connectivity index (χ4v) is 8.73. The molecule has 0 saturated carbocycles. The lowest BCUT2D eigenvalue weighted by molar-refractivity contribution is -0.359. The van der Waals surface area contributed by atoms with Crippen molar-refractivity contribution in [1.82, 2.24) is 5.32 Å². The molecule has 12 unspecified atom stereocenters. The van der Waals surface area contributed by atoms with Crippen LogP contribution in [0.2, 0.25) is 0 Å². The van der Waals surface area contributed by atoms with E-state index in [1.807, 2.05) is 6.08 Å². The van der Waals surface area contributed by atoms with Gasteiger partial charge in [-0.05, 0) is 57.8 Å². The molecular weight excluding hydrogens is 883 g/mol. The fraction of sp³-hybridized carbons (Fsp3) is 0.836. The Hall–Kier alpha value is -2.05. The molecule has 2 fully saturated rings. The molecule has 0 aromatic rings. The quantitative estimate of drug-likeness (QED) is 0.0209. The molecule has 2 aliphatic heterocycles. The van der Waals surface area contributed by atoms with E-state index in [1.54, 1.807) is 6.08 Å². The van der Waals surface area contributed by atoms with Gasteiger partial charge in [0.1, 0.15) is 48.8 Å². The van der Waals surface area contributed by atoms with Crippen LogP contribution in [0.5, 0.6) is 0 Å². The molecule has 0 bridgehead atoms. The summed E-state index contributed by atoms with van der Waals surface area (Å²) in [5.74, 6) is -0.254. The van der Waals surface area contributed by atoms with E-state index in [2.05, 4.69) is 55.6 Å². The molecule has 14 nitrogen and oxygen atoms in total. The predicted molar refractivity (Wildman–Crippen MR) is 272 cm³/mol. The zero-order chi connectivity index (χ0) is 50.3. The van der Waals surface area contributed by atoms with Crippen molar-refractivity contribution in [2.75, 3.05) is 19.8 Å². The van der Waals surface area contributed by atoms with Crippen LogP contribution in [0.15, 0.2) is 48.6 Å². The topological polar surface area (TPSA) is 228 Å². The molecule has 402 valence electrons. The smallest absolute Gasteiger partial charge is 0.220 e. The van der Waals surface area contributed by atoms with E-state index in [9.17, 15) is 45.6 Å². The molecule has 0 radical (unpaired) electrons. The standard InChI is InChI=1S/C55H99NO13/c1-3-5-7-9-11-13-14-15-16-17-18-19-20-21-22-23-24-25-26-27-28-29-30-31-33-35-37-39-47(60)56-43(44(59)38-36-34-32-12-10-8-6-4-2)42-66-54-52(65)50(63)53(46(41-58)68-54)69-55-51(64)49(62)48(61)45(40-57)67-55/h10,12,14-15,17-18,36,38,43-46,48-55,57-59,61-65H,3-9,11,13,16,19-35,37,39-42H2,1-2H3,(H,56,60)/b12-10+,15-14-,18-17-,38-36+. The van der Waals surface area contributed by atoms with Crippen LogP contribution in [-0.4, -0.2) is 140 Å². The Kier molecular flexibility index (Phi) is 37.9. The van der Waals surface area contributed by atoms with Gasteiger partial charge in [0.05, 0.1) is 32.0 Å². The summed E-state index contributed by atoms with van der Waals surface area (Å²) in [4.78, 5) is 13.1. The van der Waals surface area contributed by atoms with Gasteiger partial charge in [-0.1, -0.05) is 184 Å². The first-order chi connectivity index (χ1) is 33.6. The molecule has 0 aromatic heterocycles. The normalized spacial score (nSPS) is 26.5. The minimum atomic E-state index is -1.79. The maximum Gasteiger partial charge on any atom is 0.220 e. The number of aliphatic hydroxyl groups is 8. The first kappa shape index (κ1) is 63.1. The van der Waals surface area contributed by atoms with Crippen molar-refractivity contribution in [1.29, 1.82) is 0 Å². The molecule has 69 heavy (non-hydrogen) atoms. The first-order valence-electron chi connectivity index (χ1n) is 27.4. The first-order valence-corrected chi connectivity index (χ1v) is 27.4. The Morgan fingerprint density at radius 2 is 0.986 bits per heavy atom. The summed E-state index contributed by atoms with van der Waals surface area (Å²) in [7, 11) is 0. The highest BCUT2D eigenvalue weighted by Gasteiger charge is 2.51. The van der Waals surface area contributed by atoms with Crippen LogP contribution in [0.1, 0.15) is 200 Å². The van der Waals surface area contributed by atoms with Gasteiger partial charge in [0, 0.05) is 6.42 Å². The Bertz CT molecular complexity index is 1340. The molecule has 14 heteroatoms. The van der Waals surface area contributed by atoms with Gasteiger partial charge in [-0.15, -0.1) is 0 Å². The van der Waals surface area contributed by atoms with E-state index >= 15 is 0 Å². The van der Waals surface area contributed by atoms with Crippen molar-refractivity contribution < 1.29 is 64.6 Å². The number of ether oxygens (including phenoxy) is 4. The molecule has 1 amide bonds. The van der Waals surface area contributed by atoms with Crippen molar-refractivity contribution >= 4 is 5.91 Å². The van der Waals surface area contributed by atoms with Crippen LogP contribution in [0.4, 0.5) is 0 Å². The Morgan fingerprint density at radius 1 is 0.522 bits per heavy atom. The fourth-order valence-electron chi connectivity index (χ4n) is 8.73. The number of hydrogen-bond donors (Lipinski definition) is 9. The lowest BCUT2D eigenvalue weighted by Gasteiger charge is -2.46. The van der Waals surface area contributed by atoms with Crippen LogP contribution in [-0.2, 0) is 23.7 Å². The van der Waals surface area contributed by atoms with Crippen LogP contribution in [0, 0.1) is 0 Å². The average Bonchev–Trinajstić information content (AvgIpc) is 3.35. The van der Waals surface area contributed by atoms with Gasteiger partial charge in [0.2, 0.25) is 5.91 Å². The number of hydrogen-bond acceptors (Lipinski definition) is 13. The average molecular weight is 982 g/mol. The molecule has 2 aliphatic rings. The van der Waals surface area contributed by atoms with Crippen LogP contribution >= 0.6 is 0 Å². The maximum atomic E-state index is 13.1. The van der Waals surface area contributed by atoms with Crippen molar-refractivity contribution in [3.8, 4) is 0 Å². The zero-order valence-corrected chi connectivity index (χ0v) is 42.8. The molecule has 9 N–H and O–H groups in total. The molecule has 2 heterocycles. The summed E-state index contributed by atoms with van der Waals surface area (Å²) in [6, 6.07) is -0.928. The second-order valence-corrected chi connectivity index (χ2v) is 19.3. The van der Waals surface area contributed by atoms with E-state index in [0.717, 1.165) is 51.4 Å². The van der Waals surface area contributed by atoms with Gasteiger partial charge in [0.25, 0.3) is 0 Å². The molecule has 0 aliphatic carbocycles. The van der Waals surface area contributed by atoms with Gasteiger partial charge in [0.15, 0.2) is 12.6 Å². The summed E-state index contributed by atoms with van der Waals surface area (Å²) in [6.07, 6.45) is 33.4. The highest BCUT2D eigenvalue weighted by Crippen LogP contribution is 2.30. The number of nitrogens with one attached hydrogen (secondary N) is 1. The monoisotopic (exact) mass is 982 g/mol. The van der Waals surface area contributed by atoms with Crippen LogP contribution < -0.4 is 5.32 Å².